The van der Waals surface area contributed by atoms with E-state index in [-0.39, 0.29) is 5.57 Å². The molecule has 0 fully saturated rings. The molecule has 6 heteroatoms. The Bertz CT molecular complexity index is 788. The van der Waals surface area contributed by atoms with Crippen LogP contribution >= 0.6 is 0 Å². The van der Waals surface area contributed by atoms with E-state index in [2.05, 4.69) is 10.6 Å². The molecule has 0 saturated carbocycles. The van der Waals surface area contributed by atoms with E-state index in [0.717, 1.165) is 5.56 Å². The Morgan fingerprint density at radius 2 is 1.87 bits per heavy atom. The van der Waals surface area contributed by atoms with E-state index in [9.17, 15) is 4.79 Å². The number of hydrogen-bond acceptors (Lipinski definition) is 5. The van der Waals surface area contributed by atoms with Gasteiger partial charge in [0.25, 0.3) is 5.91 Å². The number of hydrogen-bond donors (Lipinski definition) is 4. The third-order valence-corrected chi connectivity index (χ3v) is 3.11. The second-order valence-electron chi connectivity index (χ2n) is 4.98. The molecule has 1 amide bonds. The summed E-state index contributed by atoms with van der Waals surface area (Å²) in [5.74, 6) is -0.518. The molecule has 0 atom stereocenters. The molecule has 2 aromatic rings. The standard InChI is InChI=1S/C17H17N5O/c1-11-2-7-16(15(20)8-11)21-10-12(9-18)17(23)22-14-5-3-13(19)4-6-14/h2-8,10,21H,19-20H2,1H3,(H,22,23)/b12-10-. The van der Waals surface area contributed by atoms with Crippen LogP contribution in [0.4, 0.5) is 22.7 Å². The molecule has 0 radical (unpaired) electrons. The third-order valence-electron chi connectivity index (χ3n) is 3.11. The maximum atomic E-state index is 12.1. The second kappa shape index (κ2) is 7.00. The lowest BCUT2D eigenvalue weighted by Crippen LogP contribution is -2.14. The van der Waals surface area contributed by atoms with Crippen LogP contribution in [0.1, 0.15) is 5.56 Å². The van der Waals surface area contributed by atoms with Gasteiger partial charge in [-0.15, -0.1) is 0 Å². The highest BCUT2D eigenvalue weighted by Gasteiger charge is 2.09. The van der Waals surface area contributed by atoms with Gasteiger partial charge < -0.3 is 22.1 Å². The molecule has 116 valence electrons. The van der Waals surface area contributed by atoms with Gasteiger partial charge in [0.2, 0.25) is 0 Å². The lowest BCUT2D eigenvalue weighted by atomic mass is 10.2. The van der Waals surface area contributed by atoms with Crippen LogP contribution in [0, 0.1) is 18.3 Å². The molecule has 0 unspecified atom stereocenters. The number of nitrogens with two attached hydrogens (primary N) is 2. The van der Waals surface area contributed by atoms with Gasteiger partial charge in [0.15, 0.2) is 0 Å². The SMILES string of the molecule is Cc1ccc(N/C=C(/C#N)C(=O)Nc2ccc(N)cc2)c(N)c1. The van der Waals surface area contributed by atoms with Gasteiger partial charge in [-0.1, -0.05) is 6.07 Å². The minimum Gasteiger partial charge on any atom is -0.399 e. The number of nitrogens with one attached hydrogen (secondary N) is 2. The molecular weight excluding hydrogens is 290 g/mol. The van der Waals surface area contributed by atoms with Gasteiger partial charge in [0.1, 0.15) is 11.6 Å². The molecule has 2 aromatic carbocycles. The van der Waals surface area contributed by atoms with Crippen LogP contribution in [0.5, 0.6) is 0 Å². The van der Waals surface area contributed by atoms with Crippen molar-refractivity contribution in [3.63, 3.8) is 0 Å². The van der Waals surface area contributed by atoms with Crippen molar-refractivity contribution in [2.45, 2.75) is 6.92 Å². The van der Waals surface area contributed by atoms with Crippen molar-refractivity contribution in [1.82, 2.24) is 0 Å². The summed E-state index contributed by atoms with van der Waals surface area (Å²) in [6, 6.07) is 14.0. The van der Waals surface area contributed by atoms with Gasteiger partial charge in [-0.3, -0.25) is 4.79 Å². The molecule has 2 rings (SSSR count). The first-order valence-electron chi connectivity index (χ1n) is 6.89. The molecule has 0 aliphatic rings. The Balaban J connectivity index is 2.10. The first-order chi connectivity index (χ1) is 11.0. The Kier molecular flexibility index (Phi) is 4.85. The van der Waals surface area contributed by atoms with Crippen LogP contribution in [-0.2, 0) is 4.79 Å². The molecule has 23 heavy (non-hydrogen) atoms. The van der Waals surface area contributed by atoms with Crippen LogP contribution in [-0.4, -0.2) is 5.91 Å². The first-order valence-corrected chi connectivity index (χ1v) is 6.89. The molecule has 0 saturated heterocycles. The second-order valence-corrected chi connectivity index (χ2v) is 4.98. The van der Waals surface area contributed by atoms with Crippen molar-refractivity contribution in [2.75, 3.05) is 22.1 Å². The highest BCUT2D eigenvalue weighted by molar-refractivity contribution is 6.06. The largest absolute Gasteiger partial charge is 0.399 e. The number of anilines is 4. The predicted molar refractivity (Wildman–Crippen MR) is 92.4 cm³/mol. The number of nitrogen functional groups attached to an aromatic ring is 2. The van der Waals surface area contributed by atoms with Gasteiger partial charge in [0, 0.05) is 17.6 Å². The topological polar surface area (TPSA) is 117 Å². The fourth-order valence-corrected chi connectivity index (χ4v) is 1.88. The number of nitrogens with zero attached hydrogens (tertiary/aromatic N) is 1. The number of benzene rings is 2. The Labute approximate surface area is 134 Å². The molecular formula is C17H17N5O. The average molecular weight is 307 g/mol. The van der Waals surface area contributed by atoms with E-state index in [1.165, 1.54) is 6.20 Å². The highest BCUT2D eigenvalue weighted by atomic mass is 16.1. The van der Waals surface area contributed by atoms with Gasteiger partial charge in [-0.25, -0.2) is 0 Å². The minimum absolute atomic E-state index is 0.0678. The smallest absolute Gasteiger partial charge is 0.267 e. The van der Waals surface area contributed by atoms with Crippen LogP contribution in [0.2, 0.25) is 0 Å². The summed E-state index contributed by atoms with van der Waals surface area (Å²) in [4.78, 5) is 12.1. The third kappa shape index (κ3) is 4.25. The summed E-state index contributed by atoms with van der Waals surface area (Å²) in [7, 11) is 0. The molecule has 0 aromatic heterocycles. The van der Waals surface area contributed by atoms with Crippen molar-refractivity contribution < 1.29 is 4.79 Å². The molecule has 0 aliphatic carbocycles. The van der Waals surface area contributed by atoms with E-state index in [4.69, 9.17) is 16.7 Å². The fourth-order valence-electron chi connectivity index (χ4n) is 1.88. The van der Waals surface area contributed by atoms with E-state index < -0.39 is 5.91 Å². The normalized spacial score (nSPS) is 10.7. The quantitative estimate of drug-likeness (QED) is 0.393. The van der Waals surface area contributed by atoms with Crippen LogP contribution in [0.15, 0.2) is 54.2 Å². The van der Waals surface area contributed by atoms with Crippen molar-refractivity contribution in [1.29, 1.82) is 5.26 Å². The molecule has 0 bridgehead atoms. The van der Waals surface area contributed by atoms with Gasteiger partial charge in [-0.05, 0) is 48.9 Å². The van der Waals surface area contributed by atoms with Gasteiger partial charge in [0.05, 0.1) is 11.4 Å². The highest BCUT2D eigenvalue weighted by Crippen LogP contribution is 2.19. The number of carbonyl (C=O) groups is 1. The Hall–Kier alpha value is -3.46. The van der Waals surface area contributed by atoms with Crippen molar-refractivity contribution in [3.8, 4) is 6.07 Å². The van der Waals surface area contributed by atoms with E-state index in [1.807, 2.05) is 19.1 Å². The molecule has 6 nitrogen and oxygen atoms in total. The first kappa shape index (κ1) is 15.9. The number of nitriles is 1. The van der Waals surface area contributed by atoms with Crippen LogP contribution in [0.25, 0.3) is 0 Å². The van der Waals surface area contributed by atoms with E-state index in [1.54, 1.807) is 36.4 Å². The summed E-state index contributed by atoms with van der Waals surface area (Å²) in [6.07, 6.45) is 1.33. The van der Waals surface area contributed by atoms with Gasteiger partial charge >= 0.3 is 0 Å². The van der Waals surface area contributed by atoms with Crippen molar-refractivity contribution in [2.24, 2.45) is 0 Å². The maximum absolute atomic E-state index is 12.1. The zero-order valence-electron chi connectivity index (χ0n) is 12.6. The number of rotatable bonds is 4. The van der Waals surface area contributed by atoms with Gasteiger partial charge in [-0.2, -0.15) is 5.26 Å². The number of aryl methyl sites for hydroxylation is 1. The zero-order chi connectivity index (χ0) is 16.8. The monoisotopic (exact) mass is 307 g/mol. The lowest BCUT2D eigenvalue weighted by molar-refractivity contribution is -0.112. The minimum atomic E-state index is -0.518. The summed E-state index contributed by atoms with van der Waals surface area (Å²) >= 11 is 0. The summed E-state index contributed by atoms with van der Waals surface area (Å²) < 4.78 is 0. The Morgan fingerprint density at radius 1 is 1.17 bits per heavy atom. The predicted octanol–water partition coefficient (Wildman–Crippen LogP) is 2.62. The molecule has 0 heterocycles. The van der Waals surface area contributed by atoms with Crippen LogP contribution in [0.3, 0.4) is 0 Å². The number of amides is 1. The molecule has 6 N–H and O–H groups in total. The molecule has 0 spiro atoms. The van der Waals surface area contributed by atoms with Crippen molar-refractivity contribution in [3.05, 3.63) is 59.8 Å². The average Bonchev–Trinajstić information content (AvgIpc) is 2.52. The lowest BCUT2D eigenvalue weighted by Gasteiger charge is -2.08. The summed E-state index contributed by atoms with van der Waals surface area (Å²) in [6.45, 7) is 1.93. The van der Waals surface area contributed by atoms with Crippen molar-refractivity contribution >= 4 is 28.7 Å². The van der Waals surface area contributed by atoms with E-state index >= 15 is 0 Å². The summed E-state index contributed by atoms with van der Waals surface area (Å²) in [5, 5.41) is 14.6. The zero-order valence-corrected chi connectivity index (χ0v) is 12.6. The number of carbonyl (C=O) groups excluding carboxylic acids is 1. The van der Waals surface area contributed by atoms with Crippen LogP contribution < -0.4 is 22.1 Å². The van der Waals surface area contributed by atoms with E-state index in [0.29, 0.717) is 22.7 Å². The Morgan fingerprint density at radius 3 is 2.48 bits per heavy atom. The fraction of sp³-hybridized carbons (Fsp3) is 0.0588. The summed E-state index contributed by atoms with van der Waals surface area (Å²) in [5.41, 5.74) is 14.7. The molecule has 0 aliphatic heterocycles. The maximum Gasteiger partial charge on any atom is 0.267 e.